The van der Waals surface area contributed by atoms with E-state index in [1.54, 1.807) is 0 Å². The molecule has 0 radical (unpaired) electrons. The van der Waals surface area contributed by atoms with Crippen LogP contribution in [-0.2, 0) is 0 Å². The zero-order valence-electron chi connectivity index (χ0n) is 14.4. The van der Waals surface area contributed by atoms with Gasteiger partial charge in [0.15, 0.2) is 0 Å². The van der Waals surface area contributed by atoms with Crippen molar-refractivity contribution in [3.63, 3.8) is 0 Å². The van der Waals surface area contributed by atoms with Crippen molar-refractivity contribution in [1.29, 1.82) is 0 Å². The van der Waals surface area contributed by atoms with Gasteiger partial charge in [-0.15, -0.1) is 11.6 Å². The molecular formula is C20H31ClO. The van der Waals surface area contributed by atoms with E-state index in [2.05, 4.69) is 38.7 Å². The molecule has 0 aromatic rings. The first-order valence-electron chi connectivity index (χ1n) is 8.33. The quantitative estimate of drug-likeness (QED) is 0.492. The lowest BCUT2D eigenvalue weighted by Crippen LogP contribution is -2.17. The maximum atomic E-state index is 10.4. The van der Waals surface area contributed by atoms with Gasteiger partial charge in [-0.25, -0.2) is 0 Å². The van der Waals surface area contributed by atoms with E-state index in [9.17, 15) is 5.11 Å². The maximum absolute atomic E-state index is 10.4. The van der Waals surface area contributed by atoms with Crippen molar-refractivity contribution in [2.24, 2.45) is 5.92 Å². The van der Waals surface area contributed by atoms with E-state index in [0.29, 0.717) is 11.8 Å². The lowest BCUT2D eigenvalue weighted by Gasteiger charge is -2.22. The van der Waals surface area contributed by atoms with Crippen molar-refractivity contribution >= 4 is 11.6 Å². The number of aliphatic hydroxyl groups excluding tert-OH is 1. The highest BCUT2D eigenvalue weighted by atomic mass is 35.5. The first kappa shape index (κ1) is 19.3. The molecular weight excluding hydrogens is 292 g/mol. The summed E-state index contributed by atoms with van der Waals surface area (Å²) >= 11 is 5.98. The molecule has 0 spiro atoms. The van der Waals surface area contributed by atoms with Crippen LogP contribution in [-0.4, -0.2) is 17.1 Å². The fourth-order valence-corrected chi connectivity index (χ4v) is 3.01. The molecule has 1 N–H and O–H groups in total. The zero-order valence-corrected chi connectivity index (χ0v) is 15.1. The average molecular weight is 323 g/mol. The minimum Gasteiger partial charge on any atom is -0.389 e. The number of hydrogen-bond donors (Lipinski definition) is 1. The molecule has 0 unspecified atom stereocenters. The lowest BCUT2D eigenvalue weighted by molar-refractivity contribution is 0.180. The Kier molecular flexibility index (Phi) is 8.82. The number of rotatable bonds is 2. The first-order chi connectivity index (χ1) is 10.4. The summed E-state index contributed by atoms with van der Waals surface area (Å²) in [5.74, 6) is 0.768. The van der Waals surface area contributed by atoms with Crippen LogP contribution in [0.1, 0.15) is 59.3 Å². The monoisotopic (exact) mass is 322 g/mol. The van der Waals surface area contributed by atoms with E-state index in [4.69, 9.17) is 11.6 Å². The van der Waals surface area contributed by atoms with Crippen molar-refractivity contribution in [3.05, 3.63) is 47.1 Å². The average Bonchev–Trinajstić information content (AvgIpc) is 2.49. The van der Waals surface area contributed by atoms with Gasteiger partial charge in [-0.2, -0.15) is 0 Å². The van der Waals surface area contributed by atoms with Crippen molar-refractivity contribution in [2.75, 3.05) is 5.88 Å². The molecule has 0 aliphatic heterocycles. The Balaban J connectivity index is 2.90. The third-order valence-corrected chi connectivity index (χ3v) is 4.95. The molecule has 1 aliphatic carbocycles. The predicted molar refractivity (Wildman–Crippen MR) is 98.3 cm³/mol. The second kappa shape index (κ2) is 10.1. The molecule has 22 heavy (non-hydrogen) atoms. The van der Waals surface area contributed by atoms with Crippen molar-refractivity contribution in [3.8, 4) is 0 Å². The Morgan fingerprint density at radius 3 is 2.55 bits per heavy atom. The number of hydrogen-bond acceptors (Lipinski definition) is 1. The SMILES string of the molecule is C=C(CCl)[C@H]1CC/C(C)=C/CC/C(C)=C/C/C=C(\C)[C@H](O)C1. The van der Waals surface area contributed by atoms with Crippen molar-refractivity contribution in [1.82, 2.24) is 0 Å². The Hall–Kier alpha value is -0.790. The fraction of sp³-hybridized carbons (Fsp3) is 0.600. The van der Waals surface area contributed by atoms with Crippen LogP contribution in [0, 0.1) is 5.92 Å². The molecule has 0 heterocycles. The highest BCUT2D eigenvalue weighted by Crippen LogP contribution is 2.27. The molecule has 0 aromatic heterocycles. The smallest absolute Gasteiger partial charge is 0.0753 e. The fourth-order valence-electron chi connectivity index (χ4n) is 2.79. The summed E-state index contributed by atoms with van der Waals surface area (Å²) in [6.07, 6.45) is 12.3. The number of aliphatic hydroxyl groups is 1. The molecule has 0 aromatic carbocycles. The summed E-state index contributed by atoms with van der Waals surface area (Å²) in [5.41, 5.74) is 4.96. The standard InChI is InChI=1S/C20H31ClO/c1-15-7-5-8-16(2)11-12-19(18(4)14-21)13-20(22)17(3)10-6-9-15/h8-10,19-20,22H,4-7,11-14H2,1-3H3/b15-9+,16-8+,17-10+/t19-,20+/m0/s1. The van der Waals surface area contributed by atoms with Gasteiger partial charge in [0.1, 0.15) is 0 Å². The molecule has 0 saturated carbocycles. The Morgan fingerprint density at radius 1 is 1.18 bits per heavy atom. The molecule has 0 bridgehead atoms. The van der Waals surface area contributed by atoms with E-state index in [0.717, 1.165) is 49.7 Å². The minimum atomic E-state index is -0.397. The second-order valence-corrected chi connectivity index (χ2v) is 6.87. The third kappa shape index (κ3) is 6.98. The van der Waals surface area contributed by atoms with Crippen LogP contribution in [0.15, 0.2) is 47.1 Å². The summed E-state index contributed by atoms with van der Waals surface area (Å²) < 4.78 is 0. The summed E-state index contributed by atoms with van der Waals surface area (Å²) in [5, 5.41) is 10.4. The van der Waals surface area contributed by atoms with E-state index < -0.39 is 6.10 Å². The normalized spacial score (nSPS) is 32.7. The van der Waals surface area contributed by atoms with E-state index in [1.807, 2.05) is 6.92 Å². The van der Waals surface area contributed by atoms with Crippen LogP contribution < -0.4 is 0 Å². The Labute approximate surface area is 141 Å². The molecule has 2 heteroatoms. The molecule has 1 rings (SSSR count). The molecule has 0 saturated heterocycles. The minimum absolute atomic E-state index is 0.291. The molecule has 2 atom stereocenters. The van der Waals surface area contributed by atoms with Gasteiger partial charge in [0.05, 0.1) is 6.10 Å². The van der Waals surface area contributed by atoms with Gasteiger partial charge in [0.25, 0.3) is 0 Å². The molecule has 0 amide bonds. The molecule has 124 valence electrons. The van der Waals surface area contributed by atoms with Crippen LogP contribution in [0.25, 0.3) is 0 Å². The van der Waals surface area contributed by atoms with E-state index in [1.165, 1.54) is 11.1 Å². The van der Waals surface area contributed by atoms with Gasteiger partial charge < -0.3 is 5.11 Å². The van der Waals surface area contributed by atoms with Gasteiger partial charge in [0, 0.05) is 5.88 Å². The van der Waals surface area contributed by atoms with Gasteiger partial charge in [0.2, 0.25) is 0 Å². The highest BCUT2D eigenvalue weighted by Gasteiger charge is 2.18. The molecule has 0 fully saturated rings. The third-order valence-electron chi connectivity index (χ3n) is 4.61. The maximum Gasteiger partial charge on any atom is 0.0753 e. The number of alkyl halides is 1. The van der Waals surface area contributed by atoms with Gasteiger partial charge >= 0.3 is 0 Å². The zero-order chi connectivity index (χ0) is 16.5. The summed E-state index contributed by atoms with van der Waals surface area (Å²) in [6.45, 7) is 10.5. The van der Waals surface area contributed by atoms with Crippen LogP contribution in [0.2, 0.25) is 0 Å². The van der Waals surface area contributed by atoms with Gasteiger partial charge in [-0.05, 0) is 70.8 Å². The second-order valence-electron chi connectivity index (χ2n) is 6.60. The van der Waals surface area contributed by atoms with Crippen LogP contribution in [0.5, 0.6) is 0 Å². The van der Waals surface area contributed by atoms with Crippen molar-refractivity contribution in [2.45, 2.75) is 65.4 Å². The lowest BCUT2D eigenvalue weighted by atomic mass is 9.87. The first-order valence-corrected chi connectivity index (χ1v) is 8.87. The number of allylic oxidation sites excluding steroid dienone is 6. The molecule has 1 aliphatic rings. The van der Waals surface area contributed by atoms with E-state index in [-0.39, 0.29) is 0 Å². The topological polar surface area (TPSA) is 20.2 Å². The van der Waals surface area contributed by atoms with Gasteiger partial charge in [-0.3, -0.25) is 0 Å². The van der Waals surface area contributed by atoms with E-state index >= 15 is 0 Å². The van der Waals surface area contributed by atoms with Gasteiger partial charge in [-0.1, -0.05) is 41.5 Å². The highest BCUT2D eigenvalue weighted by molar-refractivity contribution is 6.19. The van der Waals surface area contributed by atoms with Crippen molar-refractivity contribution < 1.29 is 5.11 Å². The molecule has 1 nitrogen and oxygen atoms in total. The summed E-state index contributed by atoms with van der Waals surface area (Å²) in [7, 11) is 0. The Bertz CT molecular complexity index is 456. The van der Waals surface area contributed by atoms with Crippen LogP contribution in [0.3, 0.4) is 0 Å². The van der Waals surface area contributed by atoms with Crippen LogP contribution >= 0.6 is 11.6 Å². The largest absolute Gasteiger partial charge is 0.389 e. The number of halogens is 1. The summed E-state index contributed by atoms with van der Waals surface area (Å²) in [6, 6.07) is 0. The summed E-state index contributed by atoms with van der Waals surface area (Å²) in [4.78, 5) is 0. The Morgan fingerprint density at radius 2 is 1.86 bits per heavy atom. The van der Waals surface area contributed by atoms with Crippen LogP contribution in [0.4, 0.5) is 0 Å². The predicted octanol–water partition coefficient (Wildman–Crippen LogP) is 5.95.